The molecule has 1 atom stereocenters. The van der Waals surface area contributed by atoms with Gasteiger partial charge in [-0.25, -0.2) is 0 Å². The lowest BCUT2D eigenvalue weighted by molar-refractivity contribution is -0.137. The van der Waals surface area contributed by atoms with E-state index < -0.39 is 11.9 Å². The molecule has 1 unspecified atom stereocenters. The van der Waals surface area contributed by atoms with Gasteiger partial charge in [0.2, 0.25) is 5.91 Å². The number of carboxylic acids is 1. The van der Waals surface area contributed by atoms with Crippen LogP contribution in [0.15, 0.2) is 71.7 Å². The molecule has 0 fully saturated rings. The van der Waals surface area contributed by atoms with Crippen LogP contribution in [0.4, 0.5) is 11.4 Å². The number of carboxylic acid groups (broad SMARTS) is 1. The van der Waals surface area contributed by atoms with Crippen LogP contribution >= 0.6 is 11.6 Å². The predicted octanol–water partition coefficient (Wildman–Crippen LogP) is 6.06. The zero-order chi connectivity index (χ0) is 25.7. The second-order valence-electron chi connectivity index (χ2n) is 9.15. The second-order valence-corrected chi connectivity index (χ2v) is 9.58. The third kappa shape index (κ3) is 6.20. The molecular formula is C29H30ClN3O3. The quantitative estimate of drug-likeness (QED) is 0.330. The van der Waals surface area contributed by atoms with Gasteiger partial charge in [0.1, 0.15) is 5.92 Å². The van der Waals surface area contributed by atoms with Gasteiger partial charge in [-0.2, -0.15) is 0 Å². The molecule has 36 heavy (non-hydrogen) atoms. The van der Waals surface area contributed by atoms with Crippen LogP contribution < -0.4 is 5.32 Å². The normalized spacial score (nSPS) is 15.2. The maximum atomic E-state index is 13.1. The van der Waals surface area contributed by atoms with Crippen molar-refractivity contribution in [2.75, 3.05) is 18.9 Å². The number of amides is 1. The molecule has 6 nitrogen and oxygen atoms in total. The van der Waals surface area contributed by atoms with Gasteiger partial charge in [-0.15, -0.1) is 0 Å². The zero-order valence-corrected chi connectivity index (χ0v) is 21.3. The smallest absolute Gasteiger partial charge is 0.303 e. The van der Waals surface area contributed by atoms with Gasteiger partial charge in [0.05, 0.1) is 11.4 Å². The average molecular weight is 504 g/mol. The summed E-state index contributed by atoms with van der Waals surface area (Å²) >= 11 is 6.16. The maximum Gasteiger partial charge on any atom is 0.303 e. The number of carbonyl (C=O) groups is 2. The topological polar surface area (TPSA) is 82.0 Å². The number of benzene rings is 3. The molecule has 1 amide bonds. The van der Waals surface area contributed by atoms with E-state index in [0.717, 1.165) is 41.9 Å². The lowest BCUT2D eigenvalue weighted by Gasteiger charge is -2.16. The van der Waals surface area contributed by atoms with Gasteiger partial charge in [0.25, 0.3) is 0 Å². The molecule has 1 aliphatic rings. The lowest BCUT2D eigenvalue weighted by Crippen LogP contribution is -2.22. The Bertz CT molecular complexity index is 1270. The summed E-state index contributed by atoms with van der Waals surface area (Å²) in [5.41, 5.74) is 5.85. The predicted molar refractivity (Wildman–Crippen MR) is 144 cm³/mol. The van der Waals surface area contributed by atoms with Crippen molar-refractivity contribution >= 4 is 40.6 Å². The van der Waals surface area contributed by atoms with E-state index in [0.29, 0.717) is 22.8 Å². The molecule has 0 saturated heterocycles. The molecule has 0 radical (unpaired) electrons. The molecule has 7 heteroatoms. The van der Waals surface area contributed by atoms with Crippen molar-refractivity contribution in [3.05, 3.63) is 94.0 Å². The number of anilines is 1. The summed E-state index contributed by atoms with van der Waals surface area (Å²) in [5, 5.41) is 12.5. The first kappa shape index (κ1) is 25.6. The van der Waals surface area contributed by atoms with Crippen molar-refractivity contribution in [3.8, 4) is 0 Å². The van der Waals surface area contributed by atoms with Crippen LogP contribution in [0.5, 0.6) is 0 Å². The highest BCUT2D eigenvalue weighted by molar-refractivity contribution is 6.31. The highest BCUT2D eigenvalue weighted by Gasteiger charge is 2.35. The van der Waals surface area contributed by atoms with Crippen LogP contribution in [-0.4, -0.2) is 41.2 Å². The Morgan fingerprint density at radius 3 is 2.42 bits per heavy atom. The van der Waals surface area contributed by atoms with E-state index >= 15 is 0 Å². The van der Waals surface area contributed by atoms with Crippen LogP contribution in [-0.2, 0) is 22.6 Å². The number of nitrogens with zero attached hydrogens (tertiary/aromatic N) is 2. The number of carbonyl (C=O) groups excluding carboxylic acids is 1. The first-order valence-electron chi connectivity index (χ1n) is 12.1. The summed E-state index contributed by atoms with van der Waals surface area (Å²) in [6.07, 6.45) is 1.62. The van der Waals surface area contributed by atoms with Crippen molar-refractivity contribution in [2.45, 2.75) is 38.6 Å². The summed E-state index contributed by atoms with van der Waals surface area (Å²) in [5.74, 6) is -1.57. The van der Waals surface area contributed by atoms with Gasteiger partial charge in [-0.3, -0.25) is 14.6 Å². The van der Waals surface area contributed by atoms with Gasteiger partial charge in [0, 0.05) is 23.7 Å². The molecule has 0 spiro atoms. The molecule has 2 N–H and O–H groups in total. The number of hydrogen-bond donors (Lipinski definition) is 2. The number of hydrogen-bond acceptors (Lipinski definition) is 4. The molecule has 3 aromatic rings. The number of aryl methyl sites for hydroxylation is 1. The van der Waals surface area contributed by atoms with Crippen LogP contribution in [0.2, 0.25) is 5.02 Å². The average Bonchev–Trinajstić information content (AvgIpc) is 3.17. The molecule has 1 heterocycles. The molecule has 186 valence electrons. The number of nitrogens with one attached hydrogen (secondary N) is 1. The third-order valence-corrected chi connectivity index (χ3v) is 6.48. The minimum Gasteiger partial charge on any atom is -0.481 e. The van der Waals surface area contributed by atoms with E-state index in [-0.39, 0.29) is 12.3 Å². The summed E-state index contributed by atoms with van der Waals surface area (Å²) in [6, 6.07) is 21.1. The van der Waals surface area contributed by atoms with E-state index in [1.165, 1.54) is 5.56 Å². The molecule has 1 aliphatic heterocycles. The monoisotopic (exact) mass is 503 g/mol. The number of halogens is 1. The molecule has 0 bridgehead atoms. The Hall–Kier alpha value is -3.48. The van der Waals surface area contributed by atoms with E-state index in [1.54, 1.807) is 12.1 Å². The number of fused-ring (bicyclic) bond motifs is 1. The van der Waals surface area contributed by atoms with Gasteiger partial charge < -0.3 is 15.3 Å². The molecule has 0 aliphatic carbocycles. The maximum absolute atomic E-state index is 13.1. The van der Waals surface area contributed by atoms with E-state index in [4.69, 9.17) is 21.7 Å². The van der Waals surface area contributed by atoms with Gasteiger partial charge in [-0.1, -0.05) is 61.0 Å². The summed E-state index contributed by atoms with van der Waals surface area (Å²) in [7, 11) is 2.11. The largest absolute Gasteiger partial charge is 0.481 e. The molecule has 3 aromatic carbocycles. The minimum atomic E-state index is -0.830. The van der Waals surface area contributed by atoms with Crippen LogP contribution in [0.3, 0.4) is 0 Å². The van der Waals surface area contributed by atoms with Crippen LogP contribution in [0, 0.1) is 0 Å². The highest BCUT2D eigenvalue weighted by Crippen LogP contribution is 2.37. The van der Waals surface area contributed by atoms with Crippen molar-refractivity contribution in [1.29, 1.82) is 0 Å². The Morgan fingerprint density at radius 1 is 1.06 bits per heavy atom. The summed E-state index contributed by atoms with van der Waals surface area (Å²) < 4.78 is 0. The van der Waals surface area contributed by atoms with Crippen molar-refractivity contribution < 1.29 is 14.7 Å². The minimum absolute atomic E-state index is 0.0687. The SMILES string of the molecule is CCCN(C)Cc1ccc(N=C(c2ccc(CCC(=O)O)cc2)C2C(=O)Nc3cc(Cl)ccc32)cc1. The van der Waals surface area contributed by atoms with Gasteiger partial charge in [0.15, 0.2) is 0 Å². The Labute approximate surface area is 216 Å². The lowest BCUT2D eigenvalue weighted by atomic mass is 9.90. The fourth-order valence-corrected chi connectivity index (χ4v) is 4.65. The third-order valence-electron chi connectivity index (χ3n) is 6.24. The van der Waals surface area contributed by atoms with Gasteiger partial charge >= 0.3 is 5.97 Å². The molecule has 4 rings (SSSR count). The van der Waals surface area contributed by atoms with E-state index in [9.17, 15) is 9.59 Å². The van der Waals surface area contributed by atoms with E-state index in [1.807, 2.05) is 42.5 Å². The van der Waals surface area contributed by atoms with Gasteiger partial charge in [-0.05, 0) is 73.0 Å². The van der Waals surface area contributed by atoms with Crippen LogP contribution in [0.1, 0.15) is 47.9 Å². The number of aliphatic carboxylic acids is 1. The van der Waals surface area contributed by atoms with Crippen molar-refractivity contribution in [2.24, 2.45) is 4.99 Å². The first-order valence-corrected chi connectivity index (χ1v) is 12.5. The Morgan fingerprint density at radius 2 is 1.75 bits per heavy atom. The van der Waals surface area contributed by atoms with Crippen LogP contribution in [0.25, 0.3) is 0 Å². The van der Waals surface area contributed by atoms with Crippen molar-refractivity contribution in [1.82, 2.24) is 4.90 Å². The molecular weight excluding hydrogens is 474 g/mol. The number of aliphatic imine (C=N–C) groups is 1. The summed E-state index contributed by atoms with van der Waals surface area (Å²) in [6.45, 7) is 4.06. The fourth-order valence-electron chi connectivity index (χ4n) is 4.48. The molecule has 0 saturated carbocycles. The highest BCUT2D eigenvalue weighted by atomic mass is 35.5. The fraction of sp³-hybridized carbons (Fsp3) is 0.276. The number of rotatable bonds is 10. The standard InChI is InChI=1S/C29H30ClN3O3/c1-3-16-33(2)18-20-6-12-23(13-7-20)31-28(21-9-4-19(5-10-21)8-15-26(34)35)27-24-14-11-22(30)17-25(24)32-29(27)36/h4-7,9-14,17,27H,3,8,15-16,18H2,1-2H3,(H,32,36)(H,34,35). The second kappa shape index (κ2) is 11.5. The Kier molecular flexibility index (Phi) is 8.18. The Balaban J connectivity index is 1.69. The van der Waals surface area contributed by atoms with Crippen molar-refractivity contribution in [3.63, 3.8) is 0 Å². The van der Waals surface area contributed by atoms with E-state index in [2.05, 4.69) is 36.3 Å². The molecule has 0 aromatic heterocycles. The first-order chi connectivity index (χ1) is 17.3. The zero-order valence-electron chi connectivity index (χ0n) is 20.5. The summed E-state index contributed by atoms with van der Waals surface area (Å²) in [4.78, 5) is 31.3.